The van der Waals surface area contributed by atoms with Gasteiger partial charge in [0, 0.05) is 18.6 Å². The number of halogens is 3. The smallest absolute Gasteiger partial charge is 0.311 e. The lowest BCUT2D eigenvalue weighted by atomic mass is 10.3. The first kappa shape index (κ1) is 10.6. The van der Waals surface area contributed by atoms with Crippen LogP contribution in [0.1, 0.15) is 13.3 Å². The van der Waals surface area contributed by atoms with Crippen LogP contribution in [-0.4, -0.2) is 5.97 Å². The van der Waals surface area contributed by atoms with Crippen LogP contribution in [0, 0.1) is 17.5 Å². The lowest BCUT2D eigenvalue weighted by Gasteiger charge is -2.04. The molecule has 1 aromatic rings. The lowest BCUT2D eigenvalue weighted by Crippen LogP contribution is -2.08. The van der Waals surface area contributed by atoms with E-state index in [1.165, 1.54) is 6.92 Å². The third-order valence-electron chi connectivity index (χ3n) is 1.47. The van der Waals surface area contributed by atoms with Crippen molar-refractivity contribution in [1.29, 1.82) is 0 Å². The second-order valence-corrected chi connectivity index (χ2v) is 2.53. The third-order valence-corrected chi connectivity index (χ3v) is 1.47. The lowest BCUT2D eigenvalue weighted by molar-refractivity contribution is -0.134. The summed E-state index contributed by atoms with van der Waals surface area (Å²) in [5.41, 5.74) is 0. The van der Waals surface area contributed by atoms with Crippen LogP contribution in [0.4, 0.5) is 13.2 Å². The summed E-state index contributed by atoms with van der Waals surface area (Å²) in [6, 6.07) is 0.991. The molecule has 0 spiro atoms. The Morgan fingerprint density at radius 2 is 2.00 bits per heavy atom. The average Bonchev–Trinajstić information content (AvgIpc) is 2.13. The summed E-state index contributed by atoms with van der Waals surface area (Å²) >= 11 is 0. The van der Waals surface area contributed by atoms with E-state index in [1.54, 1.807) is 0 Å². The van der Waals surface area contributed by atoms with Crippen molar-refractivity contribution in [3.05, 3.63) is 29.6 Å². The van der Waals surface area contributed by atoms with E-state index in [-0.39, 0.29) is 6.42 Å². The minimum Gasteiger partial charge on any atom is -0.423 e. The molecule has 14 heavy (non-hydrogen) atoms. The largest absolute Gasteiger partial charge is 0.423 e. The minimum absolute atomic E-state index is 0.00241. The summed E-state index contributed by atoms with van der Waals surface area (Å²) in [7, 11) is 0. The second-order valence-electron chi connectivity index (χ2n) is 2.53. The Kier molecular flexibility index (Phi) is 3.11. The molecule has 0 heterocycles. The molecule has 0 aliphatic rings. The minimum atomic E-state index is -1.39. The SMILES string of the molecule is CCC(=O)Oc1cc(F)cc(F)c1F. The van der Waals surface area contributed by atoms with Crippen molar-refractivity contribution >= 4 is 5.97 Å². The maximum atomic E-state index is 12.9. The highest BCUT2D eigenvalue weighted by molar-refractivity contribution is 5.71. The van der Waals surface area contributed by atoms with Crippen LogP contribution in [0.3, 0.4) is 0 Å². The van der Waals surface area contributed by atoms with E-state index in [0.717, 1.165) is 0 Å². The van der Waals surface area contributed by atoms with Crippen LogP contribution in [0.25, 0.3) is 0 Å². The van der Waals surface area contributed by atoms with Gasteiger partial charge in [-0.15, -0.1) is 0 Å². The summed E-state index contributed by atoms with van der Waals surface area (Å²) in [6.45, 7) is 1.48. The summed E-state index contributed by atoms with van der Waals surface area (Å²) in [6.07, 6.45) is -0.00241. The van der Waals surface area contributed by atoms with Gasteiger partial charge < -0.3 is 4.74 Å². The number of ether oxygens (including phenoxy) is 1. The van der Waals surface area contributed by atoms with Gasteiger partial charge in [-0.1, -0.05) is 6.92 Å². The van der Waals surface area contributed by atoms with Crippen LogP contribution in [0.2, 0.25) is 0 Å². The molecule has 0 saturated carbocycles. The van der Waals surface area contributed by atoms with E-state index >= 15 is 0 Å². The Hall–Kier alpha value is -1.52. The summed E-state index contributed by atoms with van der Waals surface area (Å²) in [4.78, 5) is 10.7. The van der Waals surface area contributed by atoms with E-state index in [9.17, 15) is 18.0 Å². The molecule has 0 atom stereocenters. The van der Waals surface area contributed by atoms with E-state index < -0.39 is 29.2 Å². The molecular formula is C9H7F3O2. The molecule has 0 bridgehead atoms. The molecule has 0 aliphatic carbocycles. The van der Waals surface area contributed by atoms with Gasteiger partial charge in [0.05, 0.1) is 0 Å². The molecule has 1 aromatic carbocycles. The molecule has 0 fully saturated rings. The van der Waals surface area contributed by atoms with Crippen LogP contribution < -0.4 is 4.74 Å². The van der Waals surface area contributed by atoms with E-state index in [4.69, 9.17) is 0 Å². The number of hydrogen-bond acceptors (Lipinski definition) is 2. The molecule has 0 N–H and O–H groups in total. The quantitative estimate of drug-likeness (QED) is 0.420. The molecule has 1 rings (SSSR count). The second kappa shape index (κ2) is 4.13. The van der Waals surface area contributed by atoms with E-state index in [1.807, 2.05) is 0 Å². The third kappa shape index (κ3) is 2.25. The fourth-order valence-electron chi connectivity index (χ4n) is 0.801. The first-order valence-electron chi connectivity index (χ1n) is 3.89. The maximum Gasteiger partial charge on any atom is 0.311 e. The topological polar surface area (TPSA) is 26.3 Å². The van der Waals surface area contributed by atoms with Crippen molar-refractivity contribution in [2.45, 2.75) is 13.3 Å². The average molecular weight is 204 g/mol. The van der Waals surface area contributed by atoms with Gasteiger partial charge in [0.15, 0.2) is 11.6 Å². The maximum absolute atomic E-state index is 12.9. The molecule has 0 radical (unpaired) electrons. The van der Waals surface area contributed by atoms with Gasteiger partial charge in [-0.3, -0.25) is 4.79 Å². The normalized spacial score (nSPS) is 10.0. The zero-order valence-corrected chi connectivity index (χ0v) is 7.31. The number of carbonyl (C=O) groups is 1. The molecule has 0 saturated heterocycles. The van der Waals surface area contributed by atoms with Crippen LogP contribution in [0.5, 0.6) is 5.75 Å². The molecule has 0 aromatic heterocycles. The van der Waals surface area contributed by atoms with Crippen molar-refractivity contribution < 1.29 is 22.7 Å². The van der Waals surface area contributed by atoms with Gasteiger partial charge in [-0.25, -0.2) is 8.78 Å². The highest BCUT2D eigenvalue weighted by Crippen LogP contribution is 2.21. The first-order chi connectivity index (χ1) is 6.54. The molecular weight excluding hydrogens is 197 g/mol. The molecule has 5 heteroatoms. The van der Waals surface area contributed by atoms with Crippen molar-refractivity contribution in [3.8, 4) is 5.75 Å². The number of hydrogen-bond donors (Lipinski definition) is 0. The number of rotatable bonds is 2. The molecule has 0 unspecified atom stereocenters. The van der Waals surface area contributed by atoms with Crippen molar-refractivity contribution in [2.75, 3.05) is 0 Å². The Bertz CT molecular complexity index is 363. The van der Waals surface area contributed by atoms with Crippen molar-refractivity contribution in [1.82, 2.24) is 0 Å². The Balaban J connectivity index is 3.02. The fraction of sp³-hybridized carbons (Fsp3) is 0.222. The Morgan fingerprint density at radius 3 is 2.57 bits per heavy atom. The molecule has 0 amide bonds. The van der Waals surface area contributed by atoms with Crippen molar-refractivity contribution in [3.63, 3.8) is 0 Å². The summed E-state index contributed by atoms with van der Waals surface area (Å²) in [5, 5.41) is 0. The van der Waals surface area contributed by atoms with Crippen LogP contribution >= 0.6 is 0 Å². The predicted molar refractivity (Wildman–Crippen MR) is 42.2 cm³/mol. The van der Waals surface area contributed by atoms with Gasteiger partial charge in [-0.2, -0.15) is 4.39 Å². The monoisotopic (exact) mass is 204 g/mol. The van der Waals surface area contributed by atoms with E-state index in [2.05, 4.69) is 4.74 Å². The predicted octanol–water partition coefficient (Wildman–Crippen LogP) is 2.42. The highest BCUT2D eigenvalue weighted by atomic mass is 19.2. The van der Waals surface area contributed by atoms with E-state index in [0.29, 0.717) is 12.1 Å². The zero-order chi connectivity index (χ0) is 10.7. The fourth-order valence-corrected chi connectivity index (χ4v) is 0.801. The first-order valence-corrected chi connectivity index (χ1v) is 3.89. The number of benzene rings is 1. The molecule has 0 aliphatic heterocycles. The Labute approximate surface area is 78.3 Å². The number of esters is 1. The van der Waals surface area contributed by atoms with Gasteiger partial charge >= 0.3 is 5.97 Å². The zero-order valence-electron chi connectivity index (χ0n) is 7.31. The summed E-state index contributed by atoms with van der Waals surface area (Å²) in [5.74, 6) is -5.23. The number of carbonyl (C=O) groups excluding carboxylic acids is 1. The van der Waals surface area contributed by atoms with Gasteiger partial charge in [0.2, 0.25) is 5.82 Å². The van der Waals surface area contributed by atoms with Gasteiger partial charge in [0.25, 0.3) is 0 Å². The molecule has 76 valence electrons. The standard InChI is InChI=1S/C9H7F3O2/c1-2-8(13)14-7-4-5(10)3-6(11)9(7)12/h3-4H,2H2,1H3. The highest BCUT2D eigenvalue weighted by Gasteiger charge is 2.14. The van der Waals surface area contributed by atoms with Crippen LogP contribution in [-0.2, 0) is 4.79 Å². The molecule has 2 nitrogen and oxygen atoms in total. The van der Waals surface area contributed by atoms with Crippen molar-refractivity contribution in [2.24, 2.45) is 0 Å². The Morgan fingerprint density at radius 1 is 1.36 bits per heavy atom. The van der Waals surface area contributed by atoms with Gasteiger partial charge in [0.1, 0.15) is 5.82 Å². The summed E-state index contributed by atoms with van der Waals surface area (Å²) < 4.78 is 42.4. The van der Waals surface area contributed by atoms with Crippen LogP contribution in [0.15, 0.2) is 12.1 Å². The van der Waals surface area contributed by atoms with Gasteiger partial charge in [-0.05, 0) is 0 Å².